The van der Waals surface area contributed by atoms with E-state index in [9.17, 15) is 0 Å². The van der Waals surface area contributed by atoms with Gasteiger partial charge in [-0.05, 0) is 36.7 Å². The van der Waals surface area contributed by atoms with E-state index in [-0.39, 0.29) is 0 Å². The Bertz CT molecular complexity index is 774. The molecule has 1 aromatic heterocycles. The first-order valence-electron chi connectivity index (χ1n) is 8.43. The second kappa shape index (κ2) is 9.25. The van der Waals surface area contributed by atoms with Gasteiger partial charge in [-0.1, -0.05) is 41.9 Å². The van der Waals surface area contributed by atoms with Gasteiger partial charge >= 0.3 is 0 Å². The Labute approximate surface area is 153 Å². The third-order valence-corrected chi connectivity index (χ3v) is 4.14. The van der Waals surface area contributed by atoms with Crippen molar-refractivity contribution in [3.63, 3.8) is 0 Å². The van der Waals surface area contributed by atoms with Crippen LogP contribution in [0, 0.1) is 0 Å². The normalized spacial score (nSPS) is 10.8. The van der Waals surface area contributed by atoms with Crippen molar-refractivity contribution in [2.45, 2.75) is 26.1 Å². The molecule has 0 spiro atoms. The molecule has 3 rings (SSSR count). The molecule has 0 aliphatic heterocycles. The molecule has 0 aliphatic carbocycles. The monoisotopic (exact) mass is 355 g/mol. The van der Waals surface area contributed by atoms with E-state index in [2.05, 4.69) is 20.9 Å². The number of nitrogens with zero attached hydrogens (tertiary/aromatic N) is 2. The summed E-state index contributed by atoms with van der Waals surface area (Å²) in [5.74, 6) is 0.907. The maximum Gasteiger partial charge on any atom is 0.124 e. The molecule has 0 aliphatic rings. The predicted octanol–water partition coefficient (Wildman–Crippen LogP) is 4.30. The average molecular weight is 356 g/mol. The molecule has 2 aromatic carbocycles. The van der Waals surface area contributed by atoms with Gasteiger partial charge in [0.25, 0.3) is 0 Å². The minimum Gasteiger partial charge on any atom is -0.489 e. The van der Waals surface area contributed by atoms with Gasteiger partial charge in [-0.15, -0.1) is 0 Å². The Morgan fingerprint density at radius 1 is 1.12 bits per heavy atom. The number of hydrogen-bond donors (Lipinski definition) is 1. The smallest absolute Gasteiger partial charge is 0.124 e. The van der Waals surface area contributed by atoms with Crippen molar-refractivity contribution in [3.05, 3.63) is 83.4 Å². The van der Waals surface area contributed by atoms with Crippen LogP contribution < -0.4 is 10.1 Å². The fourth-order valence-electron chi connectivity index (χ4n) is 2.61. The first kappa shape index (κ1) is 17.5. The van der Waals surface area contributed by atoms with Gasteiger partial charge in [0.15, 0.2) is 0 Å². The second-order valence-corrected chi connectivity index (χ2v) is 6.29. The number of para-hydroxylation sites is 1. The minimum absolute atomic E-state index is 0.512. The zero-order chi connectivity index (χ0) is 17.3. The summed E-state index contributed by atoms with van der Waals surface area (Å²) in [6.07, 6.45) is 6.70. The number of aryl methyl sites for hydroxylation is 1. The van der Waals surface area contributed by atoms with Crippen molar-refractivity contribution in [2.24, 2.45) is 0 Å². The molecule has 130 valence electrons. The van der Waals surface area contributed by atoms with E-state index >= 15 is 0 Å². The van der Waals surface area contributed by atoms with Crippen LogP contribution in [-0.2, 0) is 19.7 Å². The zero-order valence-electron chi connectivity index (χ0n) is 14.1. The summed E-state index contributed by atoms with van der Waals surface area (Å²) >= 11 is 6.02. The molecule has 0 saturated carbocycles. The molecular formula is C20H22ClN3O. The molecule has 0 unspecified atom stereocenters. The number of rotatable bonds is 9. The molecule has 3 aromatic rings. The molecule has 1 N–H and O–H groups in total. The van der Waals surface area contributed by atoms with Crippen LogP contribution in [0.2, 0.25) is 5.02 Å². The minimum atomic E-state index is 0.512. The molecule has 25 heavy (non-hydrogen) atoms. The molecule has 4 nitrogen and oxygen atoms in total. The maximum atomic E-state index is 6.02. The standard InChI is InChI=1S/C20H22ClN3O/c21-19-7-3-5-17(13-19)15-25-20-8-2-1-6-18(20)14-22-9-4-11-24-12-10-23-16-24/h1-3,5-8,10,12-13,16,22H,4,9,11,14-15H2. The van der Waals surface area contributed by atoms with Crippen molar-refractivity contribution in [1.29, 1.82) is 0 Å². The molecule has 0 bridgehead atoms. The SMILES string of the molecule is Clc1cccc(COc2ccccc2CNCCCn2ccnc2)c1. The highest BCUT2D eigenvalue weighted by Crippen LogP contribution is 2.20. The molecule has 0 saturated heterocycles. The Balaban J connectivity index is 1.47. The number of nitrogens with one attached hydrogen (secondary N) is 1. The van der Waals surface area contributed by atoms with Crippen molar-refractivity contribution in [1.82, 2.24) is 14.9 Å². The lowest BCUT2D eigenvalue weighted by Crippen LogP contribution is -2.17. The molecule has 1 heterocycles. The van der Waals surface area contributed by atoms with Gasteiger partial charge in [0.05, 0.1) is 6.33 Å². The Morgan fingerprint density at radius 3 is 2.88 bits per heavy atom. The summed E-state index contributed by atoms with van der Waals surface area (Å²) in [5.41, 5.74) is 2.22. The summed E-state index contributed by atoms with van der Waals surface area (Å²) in [6.45, 7) is 3.22. The lowest BCUT2D eigenvalue weighted by atomic mass is 10.2. The van der Waals surface area contributed by atoms with Crippen molar-refractivity contribution in [3.8, 4) is 5.75 Å². The van der Waals surface area contributed by atoms with Gasteiger partial charge in [0.1, 0.15) is 12.4 Å². The van der Waals surface area contributed by atoms with Gasteiger partial charge in [0.2, 0.25) is 0 Å². The van der Waals surface area contributed by atoms with Crippen molar-refractivity contribution >= 4 is 11.6 Å². The number of halogens is 1. The Hall–Kier alpha value is -2.30. The zero-order valence-corrected chi connectivity index (χ0v) is 14.8. The predicted molar refractivity (Wildman–Crippen MR) is 101 cm³/mol. The largest absolute Gasteiger partial charge is 0.489 e. The molecule has 0 radical (unpaired) electrons. The number of benzene rings is 2. The Morgan fingerprint density at radius 2 is 2.04 bits per heavy atom. The van der Waals surface area contributed by atoms with Gasteiger partial charge in [-0.25, -0.2) is 4.98 Å². The van der Waals surface area contributed by atoms with Gasteiger partial charge in [-0.3, -0.25) is 0 Å². The summed E-state index contributed by atoms with van der Waals surface area (Å²) in [6, 6.07) is 15.9. The van der Waals surface area contributed by atoms with E-state index < -0.39 is 0 Å². The lowest BCUT2D eigenvalue weighted by molar-refractivity contribution is 0.302. The van der Waals surface area contributed by atoms with Crippen LogP contribution in [0.1, 0.15) is 17.5 Å². The first-order chi connectivity index (χ1) is 12.3. The van der Waals surface area contributed by atoms with Crippen LogP contribution in [0.5, 0.6) is 5.75 Å². The highest BCUT2D eigenvalue weighted by molar-refractivity contribution is 6.30. The van der Waals surface area contributed by atoms with Gasteiger partial charge in [-0.2, -0.15) is 0 Å². The van der Waals surface area contributed by atoms with E-state index in [1.807, 2.05) is 55.0 Å². The number of aromatic nitrogens is 2. The van der Waals surface area contributed by atoms with E-state index in [1.165, 1.54) is 0 Å². The van der Waals surface area contributed by atoms with Crippen LogP contribution in [0.4, 0.5) is 0 Å². The van der Waals surface area contributed by atoms with Crippen molar-refractivity contribution < 1.29 is 4.74 Å². The van der Waals surface area contributed by atoms with Crippen LogP contribution in [0.3, 0.4) is 0 Å². The molecule has 5 heteroatoms. The van der Waals surface area contributed by atoms with Crippen LogP contribution in [-0.4, -0.2) is 16.1 Å². The van der Waals surface area contributed by atoms with Crippen molar-refractivity contribution in [2.75, 3.05) is 6.54 Å². The number of ether oxygens (including phenoxy) is 1. The summed E-state index contributed by atoms with van der Waals surface area (Å²) in [7, 11) is 0. The third-order valence-electron chi connectivity index (χ3n) is 3.90. The van der Waals surface area contributed by atoms with Crippen LogP contribution in [0.15, 0.2) is 67.3 Å². The molecule has 0 amide bonds. The van der Waals surface area contributed by atoms with E-state index in [4.69, 9.17) is 16.3 Å². The number of hydrogen-bond acceptors (Lipinski definition) is 3. The molecular weight excluding hydrogens is 334 g/mol. The summed E-state index contributed by atoms with van der Waals surface area (Å²) in [4.78, 5) is 4.05. The van der Waals surface area contributed by atoms with E-state index in [1.54, 1.807) is 6.20 Å². The fourth-order valence-corrected chi connectivity index (χ4v) is 2.82. The molecule has 0 fully saturated rings. The average Bonchev–Trinajstić information content (AvgIpc) is 3.14. The lowest BCUT2D eigenvalue weighted by Gasteiger charge is -2.12. The first-order valence-corrected chi connectivity index (χ1v) is 8.81. The second-order valence-electron chi connectivity index (χ2n) is 5.86. The third kappa shape index (κ3) is 5.62. The maximum absolute atomic E-state index is 6.02. The molecule has 0 atom stereocenters. The van der Waals surface area contributed by atoms with Gasteiger partial charge in [0, 0.05) is 36.1 Å². The van der Waals surface area contributed by atoms with Crippen LogP contribution >= 0.6 is 11.6 Å². The summed E-state index contributed by atoms with van der Waals surface area (Å²) < 4.78 is 8.07. The van der Waals surface area contributed by atoms with E-state index in [0.29, 0.717) is 6.61 Å². The highest BCUT2D eigenvalue weighted by atomic mass is 35.5. The number of imidazole rings is 1. The van der Waals surface area contributed by atoms with E-state index in [0.717, 1.165) is 48.0 Å². The fraction of sp³-hybridized carbons (Fsp3) is 0.250. The van der Waals surface area contributed by atoms with Crippen LogP contribution in [0.25, 0.3) is 0 Å². The quantitative estimate of drug-likeness (QED) is 0.582. The van der Waals surface area contributed by atoms with Gasteiger partial charge < -0.3 is 14.6 Å². The topological polar surface area (TPSA) is 39.1 Å². The summed E-state index contributed by atoms with van der Waals surface area (Å²) in [5, 5.41) is 4.21. The Kier molecular flexibility index (Phi) is 6.48. The highest BCUT2D eigenvalue weighted by Gasteiger charge is 2.04.